The molecule has 4 heteroatoms. The molecule has 1 fully saturated rings. The number of nitrogens with zero attached hydrogens (tertiary/aromatic N) is 1. The van der Waals surface area contributed by atoms with Gasteiger partial charge in [-0.05, 0) is 50.6 Å². The fourth-order valence-electron chi connectivity index (χ4n) is 2.92. The van der Waals surface area contributed by atoms with E-state index in [1.54, 1.807) is 0 Å². The lowest BCUT2D eigenvalue weighted by Crippen LogP contribution is -2.40. The van der Waals surface area contributed by atoms with E-state index in [0.29, 0.717) is 12.1 Å². The highest BCUT2D eigenvalue weighted by Gasteiger charge is 2.20. The summed E-state index contributed by atoms with van der Waals surface area (Å²) in [6, 6.07) is 8.99. The Balaban J connectivity index is 1.87. The molecule has 112 valence electrons. The third kappa shape index (κ3) is 4.55. The molecule has 0 bridgehead atoms. The van der Waals surface area contributed by atoms with Crippen molar-refractivity contribution in [3.8, 4) is 0 Å². The number of halogens is 1. The summed E-state index contributed by atoms with van der Waals surface area (Å²) in [5.74, 6) is 0. The van der Waals surface area contributed by atoms with Gasteiger partial charge in [0.2, 0.25) is 0 Å². The average molecular weight is 341 g/mol. The standard InChI is InChI=1S/C16H25BrN2O/c1-18-16(13-5-3-6-14(17)11-13)8-10-19-9-4-7-15(12-19)20-2/h3,5-6,11,15-16,18H,4,7-10,12H2,1-2H3. The molecule has 1 N–H and O–H groups in total. The van der Waals surface area contributed by atoms with E-state index in [-0.39, 0.29) is 0 Å². The second-order valence-electron chi connectivity index (χ2n) is 5.49. The van der Waals surface area contributed by atoms with Crippen LogP contribution in [0.2, 0.25) is 0 Å². The Kier molecular flexibility index (Phi) is 6.49. The summed E-state index contributed by atoms with van der Waals surface area (Å²) < 4.78 is 6.64. The molecule has 1 aromatic carbocycles. The lowest BCUT2D eigenvalue weighted by Gasteiger charge is -2.32. The summed E-state index contributed by atoms with van der Waals surface area (Å²) in [5, 5.41) is 3.43. The number of likely N-dealkylation sites (tertiary alicyclic amines) is 1. The lowest BCUT2D eigenvalue weighted by molar-refractivity contribution is 0.0302. The van der Waals surface area contributed by atoms with E-state index in [0.717, 1.165) is 24.0 Å². The largest absolute Gasteiger partial charge is 0.380 e. The smallest absolute Gasteiger partial charge is 0.0698 e. The van der Waals surface area contributed by atoms with Crippen molar-refractivity contribution in [2.24, 2.45) is 0 Å². The molecule has 0 aliphatic carbocycles. The molecule has 0 aromatic heterocycles. The van der Waals surface area contributed by atoms with Gasteiger partial charge in [0.05, 0.1) is 6.10 Å². The minimum Gasteiger partial charge on any atom is -0.380 e. The topological polar surface area (TPSA) is 24.5 Å². The number of nitrogens with one attached hydrogen (secondary N) is 1. The van der Waals surface area contributed by atoms with Crippen LogP contribution in [0.3, 0.4) is 0 Å². The average Bonchev–Trinajstić information content (AvgIpc) is 2.48. The fourth-order valence-corrected chi connectivity index (χ4v) is 3.34. The summed E-state index contributed by atoms with van der Waals surface area (Å²) in [4.78, 5) is 2.53. The zero-order valence-electron chi connectivity index (χ0n) is 12.4. The van der Waals surface area contributed by atoms with Crippen LogP contribution in [0.4, 0.5) is 0 Å². The molecular weight excluding hydrogens is 316 g/mol. The van der Waals surface area contributed by atoms with Gasteiger partial charge in [0.25, 0.3) is 0 Å². The van der Waals surface area contributed by atoms with Crippen molar-refractivity contribution in [3.63, 3.8) is 0 Å². The van der Waals surface area contributed by atoms with Gasteiger partial charge in [0.15, 0.2) is 0 Å². The summed E-state index contributed by atoms with van der Waals surface area (Å²) in [5.41, 5.74) is 1.35. The van der Waals surface area contributed by atoms with Crippen LogP contribution in [0.15, 0.2) is 28.7 Å². The molecule has 0 amide bonds. The Labute approximate surface area is 130 Å². The van der Waals surface area contributed by atoms with Crippen molar-refractivity contribution < 1.29 is 4.74 Å². The van der Waals surface area contributed by atoms with Crippen LogP contribution in [0, 0.1) is 0 Å². The van der Waals surface area contributed by atoms with E-state index in [9.17, 15) is 0 Å². The normalized spacial score (nSPS) is 21.9. The van der Waals surface area contributed by atoms with Crippen molar-refractivity contribution in [1.82, 2.24) is 10.2 Å². The number of ether oxygens (including phenoxy) is 1. The number of rotatable bonds is 6. The van der Waals surface area contributed by atoms with Crippen molar-refractivity contribution in [3.05, 3.63) is 34.3 Å². The molecule has 3 nitrogen and oxygen atoms in total. The van der Waals surface area contributed by atoms with Crippen molar-refractivity contribution in [2.75, 3.05) is 33.8 Å². The molecule has 1 aliphatic rings. The molecule has 1 aromatic rings. The van der Waals surface area contributed by atoms with Crippen LogP contribution in [0.5, 0.6) is 0 Å². The van der Waals surface area contributed by atoms with Gasteiger partial charge in [-0.1, -0.05) is 28.1 Å². The lowest BCUT2D eigenvalue weighted by atomic mass is 10.0. The Hall–Kier alpha value is -0.420. The Morgan fingerprint density at radius 1 is 1.50 bits per heavy atom. The quantitative estimate of drug-likeness (QED) is 0.860. The molecular formula is C16H25BrN2O. The second kappa shape index (κ2) is 8.13. The molecule has 0 radical (unpaired) electrons. The van der Waals surface area contributed by atoms with Gasteiger partial charge in [-0.15, -0.1) is 0 Å². The van der Waals surface area contributed by atoms with E-state index in [1.165, 1.54) is 24.9 Å². The Bertz CT molecular complexity index is 413. The van der Waals surface area contributed by atoms with Gasteiger partial charge >= 0.3 is 0 Å². The highest BCUT2D eigenvalue weighted by Crippen LogP contribution is 2.22. The summed E-state index contributed by atoms with van der Waals surface area (Å²) >= 11 is 3.55. The molecule has 2 atom stereocenters. The van der Waals surface area contributed by atoms with Gasteiger partial charge in [-0.3, -0.25) is 0 Å². The van der Waals surface area contributed by atoms with Gasteiger partial charge in [0.1, 0.15) is 0 Å². The van der Waals surface area contributed by atoms with Crippen LogP contribution >= 0.6 is 15.9 Å². The van der Waals surface area contributed by atoms with Gasteiger partial charge in [0, 0.05) is 30.7 Å². The fraction of sp³-hybridized carbons (Fsp3) is 0.625. The highest BCUT2D eigenvalue weighted by molar-refractivity contribution is 9.10. The zero-order chi connectivity index (χ0) is 14.4. The summed E-state index contributed by atoms with van der Waals surface area (Å²) in [7, 11) is 3.87. The van der Waals surface area contributed by atoms with E-state index in [2.05, 4.69) is 50.4 Å². The Morgan fingerprint density at radius 2 is 2.35 bits per heavy atom. The van der Waals surface area contributed by atoms with Crippen LogP contribution in [-0.2, 0) is 4.74 Å². The van der Waals surface area contributed by atoms with Gasteiger partial charge in [-0.25, -0.2) is 0 Å². The molecule has 2 unspecified atom stereocenters. The zero-order valence-corrected chi connectivity index (χ0v) is 14.0. The molecule has 0 saturated carbocycles. The van der Waals surface area contributed by atoms with Crippen LogP contribution in [0.25, 0.3) is 0 Å². The molecule has 2 rings (SSSR count). The number of hydrogen-bond acceptors (Lipinski definition) is 3. The van der Waals surface area contributed by atoms with Gasteiger partial charge < -0.3 is 15.0 Å². The van der Waals surface area contributed by atoms with Crippen LogP contribution in [-0.4, -0.2) is 44.8 Å². The predicted molar refractivity (Wildman–Crippen MR) is 87.0 cm³/mol. The first-order chi connectivity index (χ1) is 9.72. The first kappa shape index (κ1) is 16.0. The van der Waals surface area contributed by atoms with E-state index >= 15 is 0 Å². The maximum atomic E-state index is 5.49. The molecule has 20 heavy (non-hydrogen) atoms. The third-order valence-corrected chi connectivity index (χ3v) is 4.62. The predicted octanol–water partition coefficient (Wildman–Crippen LogP) is 3.21. The molecule has 1 saturated heterocycles. The maximum absolute atomic E-state index is 5.49. The van der Waals surface area contributed by atoms with Crippen molar-refractivity contribution in [1.29, 1.82) is 0 Å². The number of piperidine rings is 1. The van der Waals surface area contributed by atoms with E-state index in [4.69, 9.17) is 4.74 Å². The first-order valence-electron chi connectivity index (χ1n) is 7.41. The van der Waals surface area contributed by atoms with Crippen LogP contribution in [0.1, 0.15) is 30.9 Å². The van der Waals surface area contributed by atoms with Crippen molar-refractivity contribution in [2.45, 2.75) is 31.4 Å². The number of hydrogen-bond donors (Lipinski definition) is 1. The monoisotopic (exact) mass is 340 g/mol. The highest BCUT2D eigenvalue weighted by atomic mass is 79.9. The van der Waals surface area contributed by atoms with Gasteiger partial charge in [-0.2, -0.15) is 0 Å². The minimum atomic E-state index is 0.412. The van der Waals surface area contributed by atoms with Crippen LogP contribution < -0.4 is 5.32 Å². The van der Waals surface area contributed by atoms with Crippen molar-refractivity contribution >= 4 is 15.9 Å². The summed E-state index contributed by atoms with van der Waals surface area (Å²) in [6.45, 7) is 3.40. The minimum absolute atomic E-state index is 0.412. The number of methoxy groups -OCH3 is 1. The van der Waals surface area contributed by atoms with E-state index in [1.807, 2.05) is 14.2 Å². The molecule has 0 spiro atoms. The SMILES string of the molecule is CNC(CCN1CCCC(OC)C1)c1cccc(Br)c1. The Morgan fingerprint density at radius 3 is 3.05 bits per heavy atom. The molecule has 1 heterocycles. The third-order valence-electron chi connectivity index (χ3n) is 4.13. The molecule has 1 aliphatic heterocycles. The maximum Gasteiger partial charge on any atom is 0.0698 e. The number of benzene rings is 1. The van der Waals surface area contributed by atoms with E-state index < -0.39 is 0 Å². The second-order valence-corrected chi connectivity index (χ2v) is 6.40. The summed E-state index contributed by atoms with van der Waals surface area (Å²) in [6.07, 6.45) is 4.00. The first-order valence-corrected chi connectivity index (χ1v) is 8.20.